The number of allylic oxidation sites excluding steroid dienone is 3. The molecule has 0 spiro atoms. The Hall–Kier alpha value is -0.560. The summed E-state index contributed by atoms with van der Waals surface area (Å²) in [5.74, 6) is 0. The Morgan fingerprint density at radius 2 is 2.00 bits per heavy atom. The molecule has 0 rings (SSSR count). The normalized spacial score (nSPS) is 16.8. The van der Waals surface area contributed by atoms with Crippen molar-refractivity contribution in [1.82, 2.24) is 0 Å². The van der Waals surface area contributed by atoms with Crippen molar-refractivity contribution in [3.8, 4) is 0 Å². The zero-order valence-corrected chi connectivity index (χ0v) is 7.89. The molecule has 64 valence electrons. The van der Waals surface area contributed by atoms with Gasteiger partial charge in [0, 0.05) is 0 Å². The third-order valence-corrected chi connectivity index (χ3v) is 1.93. The molecular formula is C10H18O. The molecule has 0 bridgehead atoms. The number of aliphatic hydroxyl groups excluding tert-OH is 1. The fourth-order valence-corrected chi connectivity index (χ4v) is 0.950. The molecule has 0 fully saturated rings. The smallest absolute Gasteiger partial charge is 0.0750 e. The molecule has 1 nitrogen and oxygen atoms in total. The van der Waals surface area contributed by atoms with E-state index in [0.29, 0.717) is 0 Å². The average Bonchev–Trinajstić information content (AvgIpc) is 2.02. The Balaban J connectivity index is 4.38. The highest BCUT2D eigenvalue weighted by atomic mass is 16.3. The molecule has 1 N–H and O–H groups in total. The quantitative estimate of drug-likeness (QED) is 0.620. The van der Waals surface area contributed by atoms with Gasteiger partial charge in [0.1, 0.15) is 0 Å². The lowest BCUT2D eigenvalue weighted by Crippen LogP contribution is -2.07. The summed E-state index contributed by atoms with van der Waals surface area (Å²) in [7, 11) is 0. The van der Waals surface area contributed by atoms with Gasteiger partial charge in [-0.2, -0.15) is 0 Å². The Labute approximate surface area is 69.4 Å². The molecule has 0 saturated heterocycles. The summed E-state index contributed by atoms with van der Waals surface area (Å²) < 4.78 is 0. The Morgan fingerprint density at radius 3 is 2.36 bits per heavy atom. The van der Waals surface area contributed by atoms with E-state index in [1.807, 2.05) is 39.8 Å². The van der Waals surface area contributed by atoms with Crippen LogP contribution in [0.3, 0.4) is 0 Å². The minimum absolute atomic E-state index is 0.272. The van der Waals surface area contributed by atoms with Gasteiger partial charge in [-0.3, -0.25) is 0 Å². The van der Waals surface area contributed by atoms with Gasteiger partial charge >= 0.3 is 0 Å². The molecule has 0 saturated carbocycles. The molecule has 1 unspecified atom stereocenters. The Bertz CT molecular complexity index is 166. The van der Waals surface area contributed by atoms with E-state index in [0.717, 1.165) is 12.0 Å². The van der Waals surface area contributed by atoms with Crippen LogP contribution >= 0.6 is 0 Å². The van der Waals surface area contributed by atoms with Crippen molar-refractivity contribution in [2.75, 3.05) is 0 Å². The Kier molecular flexibility index (Phi) is 4.88. The molecule has 0 aromatic rings. The predicted molar refractivity (Wildman–Crippen MR) is 49.5 cm³/mol. The summed E-state index contributed by atoms with van der Waals surface area (Å²) in [5, 5.41) is 9.43. The second kappa shape index (κ2) is 5.14. The Morgan fingerprint density at radius 1 is 1.45 bits per heavy atom. The molecular weight excluding hydrogens is 136 g/mol. The van der Waals surface area contributed by atoms with Gasteiger partial charge in [-0.25, -0.2) is 0 Å². The molecule has 0 aromatic heterocycles. The zero-order valence-electron chi connectivity index (χ0n) is 7.89. The second-order valence-electron chi connectivity index (χ2n) is 2.79. The van der Waals surface area contributed by atoms with Crippen molar-refractivity contribution < 1.29 is 5.11 Å². The minimum atomic E-state index is -0.272. The second-order valence-corrected chi connectivity index (χ2v) is 2.79. The van der Waals surface area contributed by atoms with Gasteiger partial charge in [-0.15, -0.1) is 0 Å². The van der Waals surface area contributed by atoms with Gasteiger partial charge in [0.15, 0.2) is 0 Å². The molecule has 1 atom stereocenters. The van der Waals surface area contributed by atoms with Gasteiger partial charge in [0.2, 0.25) is 0 Å². The molecule has 1 heteroatoms. The molecule has 0 aromatic carbocycles. The van der Waals surface area contributed by atoms with E-state index in [9.17, 15) is 5.11 Å². The monoisotopic (exact) mass is 154 g/mol. The molecule has 0 heterocycles. The molecule has 0 amide bonds. The first kappa shape index (κ1) is 10.4. The SMILES string of the molecule is C/C=C\C(C)=C(\C)C(O)CC. The van der Waals surface area contributed by atoms with Crippen molar-refractivity contribution in [1.29, 1.82) is 0 Å². The van der Waals surface area contributed by atoms with E-state index < -0.39 is 0 Å². The summed E-state index contributed by atoms with van der Waals surface area (Å²) in [6.45, 7) is 7.96. The number of aliphatic hydroxyl groups is 1. The van der Waals surface area contributed by atoms with Gasteiger partial charge in [-0.1, -0.05) is 19.1 Å². The molecule has 11 heavy (non-hydrogen) atoms. The first-order chi connectivity index (χ1) is 5.13. The van der Waals surface area contributed by atoms with E-state index in [2.05, 4.69) is 0 Å². The van der Waals surface area contributed by atoms with E-state index in [4.69, 9.17) is 0 Å². The van der Waals surface area contributed by atoms with E-state index in [1.165, 1.54) is 5.57 Å². The summed E-state index contributed by atoms with van der Waals surface area (Å²) in [6.07, 6.45) is 4.53. The van der Waals surface area contributed by atoms with Gasteiger partial charge in [0.05, 0.1) is 6.10 Å². The van der Waals surface area contributed by atoms with Crippen molar-refractivity contribution in [2.24, 2.45) is 0 Å². The minimum Gasteiger partial charge on any atom is -0.389 e. The molecule has 0 aliphatic heterocycles. The highest BCUT2D eigenvalue weighted by molar-refractivity contribution is 5.24. The maximum atomic E-state index is 9.43. The lowest BCUT2D eigenvalue weighted by Gasteiger charge is -2.09. The standard InChI is InChI=1S/C10H18O/c1-5-7-8(3)9(4)10(11)6-2/h5,7,10-11H,6H2,1-4H3/b7-5-,9-8-. The van der Waals surface area contributed by atoms with Crippen LogP contribution in [0.15, 0.2) is 23.3 Å². The van der Waals surface area contributed by atoms with Crippen LogP contribution < -0.4 is 0 Å². The topological polar surface area (TPSA) is 20.2 Å². The van der Waals surface area contributed by atoms with Crippen molar-refractivity contribution in [2.45, 2.75) is 40.2 Å². The lowest BCUT2D eigenvalue weighted by molar-refractivity contribution is 0.206. The first-order valence-electron chi connectivity index (χ1n) is 4.11. The van der Waals surface area contributed by atoms with E-state index in [-0.39, 0.29) is 6.10 Å². The van der Waals surface area contributed by atoms with E-state index in [1.54, 1.807) is 0 Å². The van der Waals surface area contributed by atoms with Gasteiger partial charge in [0.25, 0.3) is 0 Å². The van der Waals surface area contributed by atoms with Gasteiger partial charge < -0.3 is 5.11 Å². The number of hydrogen-bond donors (Lipinski definition) is 1. The number of hydrogen-bond acceptors (Lipinski definition) is 1. The summed E-state index contributed by atoms with van der Waals surface area (Å²) in [4.78, 5) is 0. The maximum Gasteiger partial charge on any atom is 0.0750 e. The molecule has 0 aliphatic rings. The third kappa shape index (κ3) is 3.38. The van der Waals surface area contributed by atoms with Crippen LogP contribution in [0.25, 0.3) is 0 Å². The largest absolute Gasteiger partial charge is 0.389 e. The average molecular weight is 154 g/mol. The fourth-order valence-electron chi connectivity index (χ4n) is 0.950. The third-order valence-electron chi connectivity index (χ3n) is 1.93. The van der Waals surface area contributed by atoms with Crippen LogP contribution in [-0.2, 0) is 0 Å². The highest BCUT2D eigenvalue weighted by Gasteiger charge is 2.03. The van der Waals surface area contributed by atoms with Gasteiger partial charge in [-0.05, 0) is 38.3 Å². The zero-order chi connectivity index (χ0) is 8.85. The first-order valence-corrected chi connectivity index (χ1v) is 4.11. The summed E-state index contributed by atoms with van der Waals surface area (Å²) >= 11 is 0. The highest BCUT2D eigenvalue weighted by Crippen LogP contribution is 2.11. The molecule has 0 aliphatic carbocycles. The van der Waals surface area contributed by atoms with Crippen LogP contribution in [0.1, 0.15) is 34.1 Å². The molecule has 0 radical (unpaired) electrons. The van der Waals surface area contributed by atoms with Crippen molar-refractivity contribution >= 4 is 0 Å². The maximum absolute atomic E-state index is 9.43. The summed E-state index contributed by atoms with van der Waals surface area (Å²) in [5.41, 5.74) is 2.24. The van der Waals surface area contributed by atoms with Crippen molar-refractivity contribution in [3.05, 3.63) is 23.3 Å². The lowest BCUT2D eigenvalue weighted by atomic mass is 10.0. The fraction of sp³-hybridized carbons (Fsp3) is 0.600. The predicted octanol–water partition coefficient (Wildman–Crippen LogP) is 2.67. The van der Waals surface area contributed by atoms with Crippen molar-refractivity contribution in [3.63, 3.8) is 0 Å². The van der Waals surface area contributed by atoms with E-state index >= 15 is 0 Å². The van der Waals surface area contributed by atoms with Crippen LogP contribution in [0, 0.1) is 0 Å². The van der Waals surface area contributed by atoms with Crippen LogP contribution in [0.2, 0.25) is 0 Å². The number of rotatable bonds is 3. The summed E-state index contributed by atoms with van der Waals surface area (Å²) in [6, 6.07) is 0. The van der Waals surface area contributed by atoms with Crippen LogP contribution in [0.4, 0.5) is 0 Å². The van der Waals surface area contributed by atoms with Crippen LogP contribution in [-0.4, -0.2) is 11.2 Å². The van der Waals surface area contributed by atoms with Crippen LogP contribution in [0.5, 0.6) is 0 Å².